The van der Waals surface area contributed by atoms with Gasteiger partial charge in [0.2, 0.25) is 0 Å². The van der Waals surface area contributed by atoms with Crippen LogP contribution < -0.4 is 5.73 Å². The molecule has 1 aromatic carbocycles. The Balaban J connectivity index is 1.86. The number of aromatic amines is 1. The number of aliphatic carboxylic acids is 1. The number of thioether (sulfide) groups is 1. The molecule has 0 spiro atoms. The number of H-pyrrole nitrogens is 1. The van der Waals surface area contributed by atoms with Crippen molar-refractivity contribution in [2.45, 2.75) is 18.9 Å². The monoisotopic (exact) mass is 323 g/mol. The second kappa shape index (κ2) is 5.61. The maximum atomic E-state index is 10.6. The normalized spacial score (nSPS) is 18.1. The number of anilines is 1. The van der Waals surface area contributed by atoms with Gasteiger partial charge in [0.25, 0.3) is 0 Å². The van der Waals surface area contributed by atoms with E-state index in [1.165, 1.54) is 0 Å². The Kier molecular flexibility index (Phi) is 3.82. The summed E-state index contributed by atoms with van der Waals surface area (Å²) in [5, 5.41) is 11.2. The molecule has 110 valence electrons. The minimum atomic E-state index is -0.781. The third-order valence-corrected chi connectivity index (χ3v) is 4.73. The van der Waals surface area contributed by atoms with E-state index in [0.29, 0.717) is 17.1 Å². The van der Waals surface area contributed by atoms with Crippen LogP contribution >= 0.6 is 23.4 Å². The lowest BCUT2D eigenvalue weighted by molar-refractivity contribution is -0.137. The number of aromatic nitrogens is 1. The number of nitrogens with two attached hydrogens (primary N) is 1. The van der Waals surface area contributed by atoms with Gasteiger partial charge in [0.1, 0.15) is 5.04 Å². The van der Waals surface area contributed by atoms with Gasteiger partial charge in [-0.15, -0.1) is 11.8 Å². The van der Waals surface area contributed by atoms with Crippen LogP contribution in [-0.2, 0) is 4.79 Å². The molecule has 5 nitrogen and oxygen atoms in total. The molecule has 7 heteroatoms. The first-order chi connectivity index (χ1) is 10.0. The van der Waals surface area contributed by atoms with Crippen molar-refractivity contribution in [3.63, 3.8) is 0 Å². The smallest absolute Gasteiger partial charge is 0.303 e. The number of nitrogens with zero attached hydrogens (tertiary/aromatic N) is 1. The molecule has 4 N–H and O–H groups in total. The minimum absolute atomic E-state index is 0.0634. The van der Waals surface area contributed by atoms with E-state index in [-0.39, 0.29) is 12.5 Å². The molecule has 0 bridgehead atoms. The second-order valence-electron chi connectivity index (χ2n) is 4.97. The topological polar surface area (TPSA) is 91.5 Å². The van der Waals surface area contributed by atoms with Gasteiger partial charge in [-0.2, -0.15) is 0 Å². The first-order valence-electron chi connectivity index (χ1n) is 6.53. The van der Waals surface area contributed by atoms with Crippen LogP contribution in [-0.4, -0.2) is 32.9 Å². The van der Waals surface area contributed by atoms with Crippen LogP contribution in [0.1, 0.15) is 18.5 Å². The van der Waals surface area contributed by atoms with Crippen molar-refractivity contribution in [3.8, 4) is 0 Å². The van der Waals surface area contributed by atoms with Crippen molar-refractivity contribution in [2.24, 2.45) is 4.99 Å². The molecular formula is C14H14ClN3O2S. The van der Waals surface area contributed by atoms with Gasteiger partial charge in [-0.3, -0.25) is 9.79 Å². The molecule has 2 heterocycles. The second-order valence-corrected chi connectivity index (χ2v) is 6.42. The van der Waals surface area contributed by atoms with Crippen molar-refractivity contribution < 1.29 is 9.90 Å². The van der Waals surface area contributed by atoms with Crippen LogP contribution in [0.5, 0.6) is 0 Å². The largest absolute Gasteiger partial charge is 0.481 e. The maximum absolute atomic E-state index is 10.6. The number of halogens is 1. The molecule has 0 saturated carbocycles. The van der Waals surface area contributed by atoms with Crippen LogP contribution in [0.25, 0.3) is 10.9 Å². The van der Waals surface area contributed by atoms with E-state index in [4.69, 9.17) is 22.4 Å². The molecule has 0 unspecified atom stereocenters. The van der Waals surface area contributed by atoms with E-state index >= 15 is 0 Å². The number of benzene rings is 1. The Hall–Kier alpha value is -1.66. The number of nitrogen functional groups attached to an aromatic ring is 1. The molecule has 1 aliphatic rings. The number of aliphatic imine (C=N–C) groups is 1. The molecule has 1 aliphatic heterocycles. The van der Waals surface area contributed by atoms with Crippen LogP contribution in [0, 0.1) is 0 Å². The Morgan fingerprint density at radius 1 is 1.52 bits per heavy atom. The molecule has 0 amide bonds. The first-order valence-corrected chi connectivity index (χ1v) is 7.90. The lowest BCUT2D eigenvalue weighted by atomic mass is 10.2. The predicted octanol–water partition coefficient (Wildman–Crippen LogP) is 3.13. The molecule has 0 fully saturated rings. The number of nitrogens with one attached hydrogen (secondary N) is 1. The zero-order valence-electron chi connectivity index (χ0n) is 11.1. The summed E-state index contributed by atoms with van der Waals surface area (Å²) < 4.78 is 0. The molecule has 0 radical (unpaired) electrons. The van der Waals surface area contributed by atoms with E-state index in [9.17, 15) is 4.79 Å². The Labute approximate surface area is 130 Å². The van der Waals surface area contributed by atoms with Gasteiger partial charge >= 0.3 is 5.97 Å². The van der Waals surface area contributed by atoms with E-state index in [0.717, 1.165) is 27.4 Å². The summed E-state index contributed by atoms with van der Waals surface area (Å²) in [5.41, 5.74) is 8.31. The van der Waals surface area contributed by atoms with Crippen LogP contribution in [0.4, 0.5) is 5.69 Å². The van der Waals surface area contributed by atoms with Gasteiger partial charge in [0.15, 0.2) is 0 Å². The molecule has 0 aliphatic carbocycles. The summed E-state index contributed by atoms with van der Waals surface area (Å²) >= 11 is 7.63. The van der Waals surface area contributed by atoms with Crippen molar-refractivity contribution >= 4 is 51.0 Å². The molecule has 0 saturated heterocycles. The van der Waals surface area contributed by atoms with Crippen molar-refractivity contribution in [1.29, 1.82) is 0 Å². The summed E-state index contributed by atoms with van der Waals surface area (Å²) in [6.07, 6.45) is 0.720. The zero-order valence-corrected chi connectivity index (χ0v) is 12.7. The number of hydrogen-bond donors (Lipinski definition) is 3. The molecular weight excluding hydrogens is 310 g/mol. The predicted molar refractivity (Wildman–Crippen MR) is 87.4 cm³/mol. The number of rotatable bonds is 4. The zero-order chi connectivity index (χ0) is 15.0. The van der Waals surface area contributed by atoms with E-state index in [1.54, 1.807) is 17.8 Å². The fourth-order valence-electron chi connectivity index (χ4n) is 2.35. The number of carbonyl (C=O) groups is 1. The van der Waals surface area contributed by atoms with Crippen molar-refractivity contribution in [2.75, 3.05) is 11.5 Å². The summed E-state index contributed by atoms with van der Waals surface area (Å²) in [6, 6.07) is 5.61. The average Bonchev–Trinajstić information content (AvgIpc) is 3.01. The standard InChI is InChI=1S/C14H14ClN3O2S/c15-8-3-7-4-11(18-13(7)10(16)5-8)14-17-9(6-21-14)1-2-12(19)20/h3-5,9,18H,1-2,6,16H2,(H,19,20)/t9-/m1/s1. The molecule has 3 rings (SSSR count). The van der Waals surface area contributed by atoms with Gasteiger partial charge < -0.3 is 15.8 Å². The molecule has 2 aromatic rings. The van der Waals surface area contributed by atoms with Crippen molar-refractivity contribution in [1.82, 2.24) is 4.98 Å². The highest BCUT2D eigenvalue weighted by Gasteiger charge is 2.21. The number of fused-ring (bicyclic) bond motifs is 1. The Bertz CT molecular complexity index is 741. The summed E-state index contributed by atoms with van der Waals surface area (Å²) in [4.78, 5) is 18.5. The van der Waals surface area contributed by atoms with Crippen LogP contribution in [0.2, 0.25) is 5.02 Å². The van der Waals surface area contributed by atoms with E-state index in [1.807, 2.05) is 12.1 Å². The van der Waals surface area contributed by atoms with Gasteiger partial charge in [0.05, 0.1) is 22.9 Å². The summed E-state index contributed by atoms with van der Waals surface area (Å²) in [5.74, 6) is 0.0329. The Morgan fingerprint density at radius 3 is 3.10 bits per heavy atom. The third-order valence-electron chi connectivity index (χ3n) is 3.36. The van der Waals surface area contributed by atoms with Gasteiger partial charge in [0, 0.05) is 22.6 Å². The van der Waals surface area contributed by atoms with Gasteiger partial charge in [-0.25, -0.2) is 0 Å². The lowest BCUT2D eigenvalue weighted by Gasteiger charge is -2.00. The fourth-order valence-corrected chi connectivity index (χ4v) is 3.67. The lowest BCUT2D eigenvalue weighted by Crippen LogP contribution is -2.07. The minimum Gasteiger partial charge on any atom is -0.481 e. The van der Waals surface area contributed by atoms with Gasteiger partial charge in [-0.1, -0.05) is 11.6 Å². The van der Waals surface area contributed by atoms with Crippen LogP contribution in [0.15, 0.2) is 23.2 Å². The molecule has 1 aromatic heterocycles. The molecule has 1 atom stereocenters. The SMILES string of the molecule is Nc1cc(Cl)cc2cc(C3=N[C@H](CCC(=O)O)CS3)[nH]c12. The fraction of sp³-hybridized carbons (Fsp3) is 0.286. The van der Waals surface area contributed by atoms with Gasteiger partial charge in [-0.05, 0) is 24.6 Å². The number of carboxylic acids is 1. The first kappa shape index (κ1) is 14.3. The highest BCUT2D eigenvalue weighted by atomic mass is 35.5. The number of hydrogen-bond acceptors (Lipinski definition) is 4. The van der Waals surface area contributed by atoms with Crippen LogP contribution in [0.3, 0.4) is 0 Å². The highest BCUT2D eigenvalue weighted by molar-refractivity contribution is 8.14. The maximum Gasteiger partial charge on any atom is 0.303 e. The molecule has 21 heavy (non-hydrogen) atoms. The van der Waals surface area contributed by atoms with E-state index in [2.05, 4.69) is 9.98 Å². The third kappa shape index (κ3) is 3.01. The summed E-state index contributed by atoms with van der Waals surface area (Å²) in [6.45, 7) is 0. The highest BCUT2D eigenvalue weighted by Crippen LogP contribution is 2.30. The van der Waals surface area contributed by atoms with Crippen molar-refractivity contribution in [3.05, 3.63) is 28.9 Å². The quantitative estimate of drug-likeness (QED) is 0.754. The average molecular weight is 324 g/mol. The summed E-state index contributed by atoms with van der Waals surface area (Å²) in [7, 11) is 0. The number of carboxylic acid groups (broad SMARTS) is 1. The Morgan fingerprint density at radius 2 is 2.33 bits per heavy atom. The van der Waals surface area contributed by atoms with E-state index < -0.39 is 5.97 Å².